The maximum atomic E-state index is 12.5. The minimum atomic E-state index is -4.70. The van der Waals surface area contributed by atoms with Crippen molar-refractivity contribution in [3.05, 3.63) is 41.9 Å². The Morgan fingerprint density at radius 2 is 2.13 bits per heavy atom. The second kappa shape index (κ2) is 5.76. The molecule has 0 unspecified atom stereocenters. The standard InChI is InChI=1S/C12H11FN6O3S/c13-23(21,22)7-19-6-8(15-18-19)5-14-12(20)11-9-3-1-2-4-10(9)16-17-11/h1-4,6H,5,7H2,(H,14,20)(H,16,17). The Hall–Kier alpha value is -2.82. The van der Waals surface area contributed by atoms with Crippen LogP contribution in [0.25, 0.3) is 10.9 Å². The number of hydrogen-bond acceptors (Lipinski definition) is 6. The summed E-state index contributed by atoms with van der Waals surface area (Å²) in [4.78, 5) is 12.1. The van der Waals surface area contributed by atoms with E-state index in [9.17, 15) is 17.1 Å². The molecule has 23 heavy (non-hydrogen) atoms. The van der Waals surface area contributed by atoms with Crippen molar-refractivity contribution in [2.45, 2.75) is 12.4 Å². The van der Waals surface area contributed by atoms with Gasteiger partial charge in [0, 0.05) is 5.39 Å². The van der Waals surface area contributed by atoms with Crippen LogP contribution in [0.2, 0.25) is 0 Å². The van der Waals surface area contributed by atoms with Gasteiger partial charge in [-0.05, 0) is 6.07 Å². The molecule has 0 atom stereocenters. The van der Waals surface area contributed by atoms with Gasteiger partial charge in [0.25, 0.3) is 5.91 Å². The number of benzene rings is 1. The van der Waals surface area contributed by atoms with Gasteiger partial charge < -0.3 is 5.32 Å². The highest BCUT2D eigenvalue weighted by molar-refractivity contribution is 7.85. The van der Waals surface area contributed by atoms with Crippen LogP contribution >= 0.6 is 0 Å². The monoisotopic (exact) mass is 338 g/mol. The quantitative estimate of drug-likeness (QED) is 0.647. The van der Waals surface area contributed by atoms with Crippen LogP contribution < -0.4 is 5.32 Å². The lowest BCUT2D eigenvalue weighted by atomic mass is 10.2. The van der Waals surface area contributed by atoms with Crippen molar-refractivity contribution in [3.8, 4) is 0 Å². The molecule has 0 fully saturated rings. The molecule has 0 aliphatic rings. The van der Waals surface area contributed by atoms with Crippen LogP contribution in [-0.2, 0) is 22.6 Å². The van der Waals surface area contributed by atoms with Crippen LogP contribution in [0.5, 0.6) is 0 Å². The molecule has 11 heteroatoms. The third-order valence-corrected chi connectivity index (χ3v) is 3.56. The first-order chi connectivity index (χ1) is 10.9. The fraction of sp³-hybridized carbons (Fsp3) is 0.167. The van der Waals surface area contributed by atoms with Gasteiger partial charge in [-0.25, -0.2) is 4.68 Å². The largest absolute Gasteiger partial charge is 0.345 e. The van der Waals surface area contributed by atoms with E-state index in [0.29, 0.717) is 11.1 Å². The first-order valence-corrected chi connectivity index (χ1v) is 8.00. The second-order valence-electron chi connectivity index (χ2n) is 4.72. The van der Waals surface area contributed by atoms with Crippen LogP contribution in [0.1, 0.15) is 16.2 Å². The molecule has 0 aliphatic heterocycles. The van der Waals surface area contributed by atoms with Crippen molar-refractivity contribution in [1.82, 2.24) is 30.5 Å². The lowest BCUT2D eigenvalue weighted by Gasteiger charge is -2.00. The number of carbonyl (C=O) groups excluding carboxylic acids is 1. The number of aromatic nitrogens is 5. The van der Waals surface area contributed by atoms with E-state index in [1.54, 1.807) is 18.2 Å². The number of amides is 1. The SMILES string of the molecule is O=C(NCc1cn(CS(=O)(=O)F)nn1)c1n[nH]c2ccccc12. The maximum absolute atomic E-state index is 12.5. The van der Waals surface area contributed by atoms with Crippen LogP contribution in [0.15, 0.2) is 30.5 Å². The number of hydrogen-bond donors (Lipinski definition) is 2. The zero-order valence-electron chi connectivity index (χ0n) is 11.6. The molecule has 2 aromatic heterocycles. The second-order valence-corrected chi connectivity index (χ2v) is 6.05. The topological polar surface area (TPSA) is 123 Å². The molecule has 0 spiro atoms. The highest BCUT2D eigenvalue weighted by atomic mass is 32.3. The van der Waals surface area contributed by atoms with Crippen LogP contribution in [0, 0.1) is 0 Å². The molecule has 0 bridgehead atoms. The molecule has 0 aliphatic carbocycles. The fourth-order valence-electron chi connectivity index (χ4n) is 2.03. The summed E-state index contributed by atoms with van der Waals surface area (Å²) >= 11 is 0. The van der Waals surface area contributed by atoms with Crippen molar-refractivity contribution in [2.75, 3.05) is 0 Å². The fourth-order valence-corrected chi connectivity index (χ4v) is 2.47. The molecule has 9 nitrogen and oxygen atoms in total. The van der Waals surface area contributed by atoms with Crippen molar-refractivity contribution in [1.29, 1.82) is 0 Å². The molecule has 2 N–H and O–H groups in total. The van der Waals surface area contributed by atoms with E-state index >= 15 is 0 Å². The number of fused-ring (bicyclic) bond motifs is 1. The van der Waals surface area contributed by atoms with Crippen molar-refractivity contribution >= 4 is 27.0 Å². The van der Waals surface area contributed by atoms with E-state index in [-0.39, 0.29) is 12.2 Å². The molecule has 2 heterocycles. The number of carbonyl (C=O) groups is 1. The van der Waals surface area contributed by atoms with E-state index in [1.165, 1.54) is 6.20 Å². The summed E-state index contributed by atoms with van der Waals surface area (Å²) in [7, 11) is -4.70. The third-order valence-electron chi connectivity index (χ3n) is 2.99. The van der Waals surface area contributed by atoms with Crippen molar-refractivity contribution in [3.63, 3.8) is 0 Å². The van der Waals surface area contributed by atoms with Gasteiger partial charge in [-0.3, -0.25) is 9.89 Å². The number of aromatic amines is 1. The lowest BCUT2D eigenvalue weighted by molar-refractivity contribution is 0.0947. The molecular formula is C12H11FN6O3S. The predicted molar refractivity (Wildman–Crippen MR) is 77.3 cm³/mol. The van der Waals surface area contributed by atoms with Crippen LogP contribution in [0.3, 0.4) is 0 Å². The zero-order chi connectivity index (χ0) is 16.4. The summed E-state index contributed by atoms with van der Waals surface area (Å²) in [6.07, 6.45) is 1.24. The van der Waals surface area contributed by atoms with Gasteiger partial charge >= 0.3 is 10.2 Å². The molecule has 3 aromatic rings. The van der Waals surface area contributed by atoms with E-state index in [1.807, 2.05) is 6.07 Å². The highest BCUT2D eigenvalue weighted by Gasteiger charge is 2.15. The van der Waals surface area contributed by atoms with Crippen molar-refractivity contribution in [2.24, 2.45) is 0 Å². The Kier molecular flexibility index (Phi) is 3.78. The lowest BCUT2D eigenvalue weighted by Crippen LogP contribution is -2.23. The molecule has 120 valence electrons. The molecule has 0 saturated heterocycles. The van der Waals surface area contributed by atoms with Crippen LogP contribution in [-0.4, -0.2) is 39.5 Å². The van der Waals surface area contributed by atoms with Crippen molar-refractivity contribution < 1.29 is 17.1 Å². The Labute approximate surface area is 129 Å². The summed E-state index contributed by atoms with van der Waals surface area (Å²) in [6, 6.07) is 7.16. The minimum absolute atomic E-state index is 0.00630. The van der Waals surface area contributed by atoms with Gasteiger partial charge in [-0.1, -0.05) is 23.4 Å². The maximum Gasteiger partial charge on any atom is 0.322 e. The Morgan fingerprint density at radius 1 is 1.35 bits per heavy atom. The highest BCUT2D eigenvalue weighted by Crippen LogP contribution is 2.14. The van der Waals surface area contributed by atoms with E-state index in [4.69, 9.17) is 0 Å². The minimum Gasteiger partial charge on any atom is -0.345 e. The summed E-state index contributed by atoms with van der Waals surface area (Å²) in [5, 5.41) is 17.1. The van der Waals surface area contributed by atoms with E-state index in [2.05, 4.69) is 25.8 Å². The Morgan fingerprint density at radius 3 is 2.91 bits per heavy atom. The summed E-state index contributed by atoms with van der Waals surface area (Å²) in [5.74, 6) is -1.34. The predicted octanol–water partition coefficient (Wildman–Crippen LogP) is 0.341. The van der Waals surface area contributed by atoms with Gasteiger partial charge in [0.1, 0.15) is 5.69 Å². The zero-order valence-corrected chi connectivity index (χ0v) is 12.4. The number of para-hydroxylation sites is 1. The third kappa shape index (κ3) is 3.51. The first-order valence-electron chi connectivity index (χ1n) is 6.45. The average Bonchev–Trinajstić information content (AvgIpc) is 3.09. The Bertz CT molecular complexity index is 964. The van der Waals surface area contributed by atoms with Gasteiger partial charge in [-0.2, -0.15) is 13.5 Å². The number of rotatable bonds is 5. The molecule has 0 radical (unpaired) electrons. The molecule has 3 rings (SSSR count). The van der Waals surface area contributed by atoms with E-state index in [0.717, 1.165) is 10.2 Å². The Balaban J connectivity index is 1.67. The smallest absolute Gasteiger partial charge is 0.322 e. The number of nitrogens with zero attached hydrogens (tertiary/aromatic N) is 4. The summed E-state index contributed by atoms with van der Waals surface area (Å²) < 4.78 is 34.4. The molecule has 1 aromatic carbocycles. The van der Waals surface area contributed by atoms with Crippen LogP contribution in [0.4, 0.5) is 3.89 Å². The molecule has 1 amide bonds. The van der Waals surface area contributed by atoms with Gasteiger partial charge in [0.05, 0.1) is 18.3 Å². The number of halogens is 1. The number of nitrogens with one attached hydrogen (secondary N) is 2. The number of H-pyrrole nitrogens is 1. The summed E-state index contributed by atoms with van der Waals surface area (Å²) in [6.45, 7) is 0.00630. The first kappa shape index (κ1) is 15.1. The molecule has 0 saturated carbocycles. The summed E-state index contributed by atoms with van der Waals surface area (Å²) in [5.41, 5.74) is 1.26. The normalized spacial score (nSPS) is 11.7. The van der Waals surface area contributed by atoms with Gasteiger partial charge in [0.2, 0.25) is 0 Å². The van der Waals surface area contributed by atoms with Gasteiger partial charge in [-0.15, -0.1) is 8.98 Å². The van der Waals surface area contributed by atoms with E-state index < -0.39 is 22.0 Å². The molecular weight excluding hydrogens is 327 g/mol. The average molecular weight is 338 g/mol. The van der Waals surface area contributed by atoms with Gasteiger partial charge in [0.15, 0.2) is 11.6 Å².